The topological polar surface area (TPSA) is 49.4 Å². The quantitative estimate of drug-likeness (QED) is 0.649. The number of hydrogen-bond donors (Lipinski definition) is 1. The van der Waals surface area contributed by atoms with Crippen LogP contribution >= 0.6 is 0 Å². The molecule has 1 fully saturated rings. The highest BCUT2D eigenvalue weighted by atomic mass is 16.2. The number of carbonyl (C=O) groups is 2. The van der Waals surface area contributed by atoms with Crippen molar-refractivity contribution < 1.29 is 9.59 Å². The van der Waals surface area contributed by atoms with E-state index in [9.17, 15) is 9.59 Å². The van der Waals surface area contributed by atoms with Gasteiger partial charge in [0.05, 0.1) is 6.54 Å². The Morgan fingerprint density at radius 2 is 2.13 bits per heavy atom. The van der Waals surface area contributed by atoms with E-state index in [1.165, 1.54) is 4.90 Å². The van der Waals surface area contributed by atoms with Crippen LogP contribution in [0.3, 0.4) is 0 Å². The van der Waals surface area contributed by atoms with Gasteiger partial charge in [0.15, 0.2) is 0 Å². The van der Waals surface area contributed by atoms with Crippen LogP contribution in [0.2, 0.25) is 0 Å². The molecule has 15 heavy (non-hydrogen) atoms. The van der Waals surface area contributed by atoms with Gasteiger partial charge in [-0.05, 0) is 12.8 Å². The molecule has 2 unspecified atom stereocenters. The SMILES string of the molecule is C#CCN1C(=O)C(C(C)C)NC(=O)C1C. The van der Waals surface area contributed by atoms with E-state index in [0.717, 1.165) is 0 Å². The molecule has 1 N–H and O–H groups in total. The summed E-state index contributed by atoms with van der Waals surface area (Å²) in [4.78, 5) is 24.9. The highest BCUT2D eigenvalue weighted by Gasteiger charge is 2.38. The monoisotopic (exact) mass is 208 g/mol. The second-order valence-corrected chi connectivity index (χ2v) is 4.08. The maximum atomic E-state index is 11.9. The van der Waals surface area contributed by atoms with Crippen molar-refractivity contribution in [2.45, 2.75) is 32.9 Å². The first-order valence-corrected chi connectivity index (χ1v) is 5.03. The molecule has 82 valence electrons. The molecule has 2 amide bonds. The maximum Gasteiger partial charge on any atom is 0.246 e. The van der Waals surface area contributed by atoms with Gasteiger partial charge in [-0.3, -0.25) is 9.59 Å². The lowest BCUT2D eigenvalue weighted by Gasteiger charge is -2.37. The van der Waals surface area contributed by atoms with Crippen LogP contribution in [0.15, 0.2) is 0 Å². The Hall–Kier alpha value is -1.50. The van der Waals surface area contributed by atoms with Crippen LogP contribution in [0, 0.1) is 18.3 Å². The summed E-state index contributed by atoms with van der Waals surface area (Å²) < 4.78 is 0. The van der Waals surface area contributed by atoms with Gasteiger partial charge in [-0.25, -0.2) is 0 Å². The standard InChI is InChI=1S/C11H16N2O2/c1-5-6-13-8(4)10(14)12-9(7(2)3)11(13)15/h1,7-9H,6H2,2-4H3,(H,12,14). The van der Waals surface area contributed by atoms with Crippen molar-refractivity contribution in [3.63, 3.8) is 0 Å². The van der Waals surface area contributed by atoms with Crippen LogP contribution in [0.5, 0.6) is 0 Å². The predicted octanol–water partition coefficient (Wildman–Crippen LogP) is -0.00890. The van der Waals surface area contributed by atoms with Crippen molar-refractivity contribution in [2.24, 2.45) is 5.92 Å². The lowest BCUT2D eigenvalue weighted by atomic mass is 9.98. The number of terminal acetylenes is 1. The van der Waals surface area contributed by atoms with Crippen LogP contribution in [0.25, 0.3) is 0 Å². The third-order valence-corrected chi connectivity index (χ3v) is 2.62. The highest BCUT2D eigenvalue weighted by molar-refractivity contribution is 5.97. The first kappa shape index (κ1) is 11.6. The molecular formula is C11H16N2O2. The zero-order valence-corrected chi connectivity index (χ0v) is 9.28. The van der Waals surface area contributed by atoms with Crippen molar-refractivity contribution in [1.29, 1.82) is 0 Å². The first-order valence-electron chi connectivity index (χ1n) is 5.03. The molecule has 0 aromatic rings. The highest BCUT2D eigenvalue weighted by Crippen LogP contribution is 2.14. The molecular weight excluding hydrogens is 192 g/mol. The zero-order valence-electron chi connectivity index (χ0n) is 9.28. The largest absolute Gasteiger partial charge is 0.342 e. The van der Waals surface area contributed by atoms with Crippen LogP contribution < -0.4 is 5.32 Å². The van der Waals surface area contributed by atoms with E-state index in [4.69, 9.17) is 6.42 Å². The third-order valence-electron chi connectivity index (χ3n) is 2.62. The molecule has 1 aliphatic rings. The van der Waals surface area contributed by atoms with Gasteiger partial charge in [-0.1, -0.05) is 19.8 Å². The fraction of sp³-hybridized carbons (Fsp3) is 0.636. The predicted molar refractivity (Wildman–Crippen MR) is 56.8 cm³/mol. The Kier molecular flexibility index (Phi) is 3.35. The van der Waals surface area contributed by atoms with Gasteiger partial charge in [-0.15, -0.1) is 6.42 Å². The number of hydrogen-bond acceptors (Lipinski definition) is 2. The van der Waals surface area contributed by atoms with Crippen molar-refractivity contribution in [1.82, 2.24) is 10.2 Å². The lowest BCUT2D eigenvalue weighted by molar-refractivity contribution is -0.149. The average molecular weight is 208 g/mol. The summed E-state index contributed by atoms with van der Waals surface area (Å²) in [7, 11) is 0. The lowest BCUT2D eigenvalue weighted by Crippen LogP contribution is -2.63. The van der Waals surface area contributed by atoms with Crippen molar-refractivity contribution in [3.05, 3.63) is 0 Å². The second kappa shape index (κ2) is 4.35. The van der Waals surface area contributed by atoms with Gasteiger partial charge in [0.25, 0.3) is 0 Å². The second-order valence-electron chi connectivity index (χ2n) is 4.08. The van der Waals surface area contributed by atoms with Crippen LogP contribution in [-0.2, 0) is 9.59 Å². The average Bonchev–Trinajstić information content (AvgIpc) is 2.18. The van der Waals surface area contributed by atoms with E-state index >= 15 is 0 Å². The van der Waals surface area contributed by atoms with Crippen LogP contribution in [0.1, 0.15) is 20.8 Å². The number of nitrogens with zero attached hydrogens (tertiary/aromatic N) is 1. The molecule has 0 radical (unpaired) electrons. The fourth-order valence-electron chi connectivity index (χ4n) is 1.61. The molecule has 0 aromatic carbocycles. The van der Waals surface area contributed by atoms with Gasteiger partial charge < -0.3 is 10.2 Å². The van der Waals surface area contributed by atoms with Gasteiger partial charge in [0, 0.05) is 0 Å². The van der Waals surface area contributed by atoms with Gasteiger partial charge >= 0.3 is 0 Å². The molecule has 4 nitrogen and oxygen atoms in total. The molecule has 1 heterocycles. The van der Waals surface area contributed by atoms with E-state index in [0.29, 0.717) is 0 Å². The molecule has 0 bridgehead atoms. The molecule has 4 heteroatoms. The molecule has 1 rings (SSSR count). The minimum atomic E-state index is -0.469. The van der Waals surface area contributed by atoms with Gasteiger partial charge in [0.1, 0.15) is 12.1 Å². The Balaban J connectivity index is 2.90. The fourth-order valence-corrected chi connectivity index (χ4v) is 1.61. The Morgan fingerprint density at radius 1 is 1.53 bits per heavy atom. The normalized spacial score (nSPS) is 26.5. The van der Waals surface area contributed by atoms with E-state index in [2.05, 4.69) is 11.2 Å². The van der Waals surface area contributed by atoms with Crippen LogP contribution in [0.4, 0.5) is 0 Å². The van der Waals surface area contributed by atoms with E-state index in [-0.39, 0.29) is 24.3 Å². The summed E-state index contributed by atoms with van der Waals surface area (Å²) >= 11 is 0. The van der Waals surface area contributed by atoms with Gasteiger partial charge in [-0.2, -0.15) is 0 Å². The van der Waals surface area contributed by atoms with Gasteiger partial charge in [0.2, 0.25) is 11.8 Å². The molecule has 2 atom stereocenters. The number of carbonyl (C=O) groups excluding carboxylic acids is 2. The summed E-state index contributed by atoms with van der Waals surface area (Å²) in [6.45, 7) is 5.66. The Morgan fingerprint density at radius 3 is 2.60 bits per heavy atom. The summed E-state index contributed by atoms with van der Waals surface area (Å²) in [6.07, 6.45) is 5.18. The summed E-state index contributed by atoms with van der Waals surface area (Å²) in [5, 5.41) is 2.70. The van der Waals surface area contributed by atoms with Crippen molar-refractivity contribution in [3.8, 4) is 12.3 Å². The molecule has 1 saturated heterocycles. The molecule has 0 aromatic heterocycles. The minimum Gasteiger partial charge on any atom is -0.342 e. The molecule has 0 spiro atoms. The summed E-state index contributed by atoms with van der Waals surface area (Å²) in [5.41, 5.74) is 0. The summed E-state index contributed by atoms with van der Waals surface area (Å²) in [6, 6.07) is -0.911. The van der Waals surface area contributed by atoms with Crippen molar-refractivity contribution >= 4 is 11.8 Å². The molecule has 0 aliphatic carbocycles. The van der Waals surface area contributed by atoms with E-state index in [1.54, 1.807) is 6.92 Å². The number of piperazine rings is 1. The van der Waals surface area contributed by atoms with E-state index < -0.39 is 12.1 Å². The first-order chi connectivity index (χ1) is 6.99. The number of amides is 2. The number of nitrogens with one attached hydrogen (secondary N) is 1. The van der Waals surface area contributed by atoms with E-state index in [1.807, 2.05) is 13.8 Å². The number of rotatable bonds is 2. The molecule has 0 saturated carbocycles. The third kappa shape index (κ3) is 2.12. The maximum absolute atomic E-state index is 11.9. The Bertz CT molecular complexity index is 317. The van der Waals surface area contributed by atoms with Crippen molar-refractivity contribution in [2.75, 3.05) is 6.54 Å². The van der Waals surface area contributed by atoms with Crippen LogP contribution in [-0.4, -0.2) is 35.3 Å². The Labute approximate surface area is 90.0 Å². The zero-order chi connectivity index (χ0) is 11.6. The smallest absolute Gasteiger partial charge is 0.246 e. The summed E-state index contributed by atoms with van der Waals surface area (Å²) in [5.74, 6) is 2.26. The molecule has 1 aliphatic heterocycles. The minimum absolute atomic E-state index is 0.0780.